The normalized spacial score (nSPS) is 15.8. The van der Waals surface area contributed by atoms with Gasteiger partial charge in [-0.05, 0) is 44.7 Å². The monoisotopic (exact) mass is 473 g/mol. The first kappa shape index (κ1) is 29.4. The van der Waals surface area contributed by atoms with Crippen LogP contribution in [0.4, 0.5) is 0 Å². The summed E-state index contributed by atoms with van der Waals surface area (Å²) >= 11 is 0. The number of nitrogens with zero attached hydrogens (tertiary/aromatic N) is 1. The molecule has 0 saturated carbocycles. The molecule has 7 nitrogen and oxygen atoms in total. The van der Waals surface area contributed by atoms with Crippen LogP contribution >= 0.6 is 0 Å². The first-order valence-corrected chi connectivity index (χ1v) is 11.9. The Labute approximate surface area is 205 Å². The van der Waals surface area contributed by atoms with Crippen molar-refractivity contribution in [1.29, 1.82) is 0 Å². The van der Waals surface area contributed by atoms with Crippen LogP contribution in [0.25, 0.3) is 0 Å². The molecule has 0 radical (unpaired) electrons. The third kappa shape index (κ3) is 7.16. The Morgan fingerprint density at radius 2 is 1.65 bits per heavy atom. The van der Waals surface area contributed by atoms with E-state index in [4.69, 9.17) is 4.74 Å². The van der Waals surface area contributed by atoms with Gasteiger partial charge >= 0.3 is 5.97 Å². The van der Waals surface area contributed by atoms with E-state index >= 15 is 0 Å². The lowest BCUT2D eigenvalue weighted by Gasteiger charge is -2.39. The molecule has 0 fully saturated rings. The second-order valence-electron chi connectivity index (χ2n) is 10.3. The molecule has 0 aromatic heterocycles. The lowest BCUT2D eigenvalue weighted by Crippen LogP contribution is -2.61. The van der Waals surface area contributed by atoms with Crippen LogP contribution in [-0.4, -0.2) is 55.5 Å². The van der Waals surface area contributed by atoms with Gasteiger partial charge in [-0.2, -0.15) is 0 Å². The molecule has 0 spiro atoms. The van der Waals surface area contributed by atoms with Crippen LogP contribution < -0.4 is 10.6 Å². The fourth-order valence-corrected chi connectivity index (χ4v) is 3.76. The van der Waals surface area contributed by atoms with Crippen molar-refractivity contribution in [1.82, 2.24) is 15.5 Å². The molecule has 0 bridgehead atoms. The molecule has 34 heavy (non-hydrogen) atoms. The van der Waals surface area contributed by atoms with Gasteiger partial charge in [-0.25, -0.2) is 4.79 Å². The van der Waals surface area contributed by atoms with Crippen molar-refractivity contribution in [3.8, 4) is 0 Å². The lowest BCUT2D eigenvalue weighted by molar-refractivity contribution is -0.142. The Morgan fingerprint density at radius 3 is 2.09 bits per heavy atom. The zero-order chi connectivity index (χ0) is 26.3. The molecule has 0 aliphatic heterocycles. The predicted molar refractivity (Wildman–Crippen MR) is 136 cm³/mol. The molecule has 1 rings (SSSR count). The molecule has 2 N–H and O–H groups in total. The molecule has 0 saturated heterocycles. The minimum absolute atomic E-state index is 0.0431. The SMILES string of the molecule is CCOC(=O)/C(C)=C/[C@H](C(C)C)N(C)C(=O)[C@@H](NC(=O)C(C)(NC)c1ccccc1)C(C)(C)C. The third-order valence-corrected chi connectivity index (χ3v) is 6.19. The first-order chi connectivity index (χ1) is 15.7. The summed E-state index contributed by atoms with van der Waals surface area (Å²) in [6.45, 7) is 15.3. The maximum absolute atomic E-state index is 13.7. The van der Waals surface area contributed by atoms with Gasteiger partial charge in [0.05, 0.1) is 12.6 Å². The maximum atomic E-state index is 13.7. The molecule has 0 aliphatic rings. The summed E-state index contributed by atoms with van der Waals surface area (Å²) in [7, 11) is 3.44. The molecule has 0 aliphatic carbocycles. The van der Waals surface area contributed by atoms with E-state index in [1.54, 1.807) is 45.8 Å². The van der Waals surface area contributed by atoms with Gasteiger partial charge in [-0.1, -0.05) is 71.0 Å². The highest BCUT2D eigenvalue weighted by molar-refractivity contribution is 5.93. The molecular weight excluding hydrogens is 430 g/mol. The van der Waals surface area contributed by atoms with E-state index in [9.17, 15) is 14.4 Å². The zero-order valence-electron chi connectivity index (χ0n) is 22.5. The Balaban J connectivity index is 3.29. The van der Waals surface area contributed by atoms with E-state index in [1.165, 1.54) is 0 Å². The molecule has 2 amide bonds. The maximum Gasteiger partial charge on any atom is 0.333 e. The first-order valence-electron chi connectivity index (χ1n) is 11.9. The van der Waals surface area contributed by atoms with Crippen LogP contribution in [0.3, 0.4) is 0 Å². The number of amides is 2. The largest absolute Gasteiger partial charge is 0.463 e. The number of rotatable bonds is 10. The third-order valence-electron chi connectivity index (χ3n) is 6.19. The van der Waals surface area contributed by atoms with E-state index < -0.39 is 23.0 Å². The van der Waals surface area contributed by atoms with Crippen LogP contribution in [-0.2, 0) is 24.7 Å². The van der Waals surface area contributed by atoms with E-state index in [0.29, 0.717) is 5.57 Å². The lowest BCUT2D eigenvalue weighted by atomic mass is 9.83. The van der Waals surface area contributed by atoms with Crippen LogP contribution in [0, 0.1) is 11.3 Å². The molecule has 1 unspecified atom stereocenters. The summed E-state index contributed by atoms with van der Waals surface area (Å²) in [6, 6.07) is 8.30. The molecule has 3 atom stereocenters. The molecule has 0 heterocycles. The Hall–Kier alpha value is -2.67. The topological polar surface area (TPSA) is 87.7 Å². The summed E-state index contributed by atoms with van der Waals surface area (Å²) in [6.07, 6.45) is 1.77. The number of hydrogen-bond acceptors (Lipinski definition) is 5. The fraction of sp³-hybridized carbons (Fsp3) is 0.593. The minimum atomic E-state index is -1.01. The average Bonchev–Trinajstić information content (AvgIpc) is 2.78. The van der Waals surface area contributed by atoms with E-state index in [1.807, 2.05) is 65.0 Å². The number of nitrogens with one attached hydrogen (secondary N) is 2. The zero-order valence-corrected chi connectivity index (χ0v) is 22.5. The van der Waals surface area contributed by atoms with E-state index in [2.05, 4.69) is 10.6 Å². The Kier molecular flexibility index (Phi) is 10.5. The van der Waals surface area contributed by atoms with Crippen molar-refractivity contribution in [3.63, 3.8) is 0 Å². The van der Waals surface area contributed by atoms with Gasteiger partial charge in [0, 0.05) is 12.6 Å². The van der Waals surface area contributed by atoms with Crippen molar-refractivity contribution in [3.05, 3.63) is 47.5 Å². The Bertz CT molecular complexity index is 874. The van der Waals surface area contributed by atoms with Gasteiger partial charge < -0.3 is 20.3 Å². The summed E-state index contributed by atoms with van der Waals surface area (Å²) < 4.78 is 5.10. The van der Waals surface area contributed by atoms with Crippen LogP contribution in [0.2, 0.25) is 0 Å². The van der Waals surface area contributed by atoms with Crippen LogP contribution in [0.15, 0.2) is 42.0 Å². The van der Waals surface area contributed by atoms with Crippen LogP contribution in [0.5, 0.6) is 0 Å². The fourth-order valence-electron chi connectivity index (χ4n) is 3.76. The van der Waals surface area contributed by atoms with Crippen LogP contribution in [0.1, 0.15) is 61.0 Å². The number of ether oxygens (including phenoxy) is 1. The van der Waals surface area contributed by atoms with Crippen molar-refractivity contribution in [2.24, 2.45) is 11.3 Å². The van der Waals surface area contributed by atoms with Gasteiger partial charge in [0.15, 0.2) is 0 Å². The second-order valence-corrected chi connectivity index (χ2v) is 10.3. The van der Waals surface area contributed by atoms with E-state index in [0.717, 1.165) is 5.56 Å². The quantitative estimate of drug-likeness (QED) is 0.400. The standard InChI is InChI=1S/C27H43N3O4/c1-11-34-24(32)19(4)17-21(18(2)3)30(10)23(31)22(26(5,6)7)29-25(33)27(8,28-9)20-15-13-12-14-16-20/h12-18,21-22,28H,11H2,1-10H3,(H,29,33)/b19-17+/t21-,22-,27?/m1/s1. The summed E-state index contributed by atoms with van der Waals surface area (Å²) in [5.74, 6) is -0.870. The van der Waals surface area contributed by atoms with Crippen molar-refractivity contribution in [2.45, 2.75) is 73.0 Å². The number of carbonyl (C=O) groups is 3. The summed E-state index contributed by atoms with van der Waals surface area (Å²) in [4.78, 5) is 41.0. The number of esters is 1. The summed E-state index contributed by atoms with van der Waals surface area (Å²) in [5, 5.41) is 6.13. The molecule has 1 aromatic carbocycles. The van der Waals surface area contributed by atoms with Gasteiger partial charge in [0.2, 0.25) is 11.8 Å². The van der Waals surface area contributed by atoms with Gasteiger partial charge in [-0.3, -0.25) is 9.59 Å². The molecular formula is C27H43N3O4. The second kappa shape index (κ2) is 12.2. The van der Waals surface area contributed by atoms with Crippen molar-refractivity contribution in [2.75, 3.05) is 20.7 Å². The highest BCUT2D eigenvalue weighted by Crippen LogP contribution is 2.26. The van der Waals surface area contributed by atoms with E-state index in [-0.39, 0.29) is 30.4 Å². The molecule has 7 heteroatoms. The summed E-state index contributed by atoms with van der Waals surface area (Å²) in [5.41, 5.74) is -0.310. The number of hydrogen-bond donors (Lipinski definition) is 2. The van der Waals surface area contributed by atoms with Gasteiger partial charge in [0.1, 0.15) is 11.6 Å². The minimum Gasteiger partial charge on any atom is -0.463 e. The highest BCUT2D eigenvalue weighted by atomic mass is 16.5. The van der Waals surface area contributed by atoms with Gasteiger partial charge in [0.25, 0.3) is 0 Å². The Morgan fingerprint density at radius 1 is 1.09 bits per heavy atom. The van der Waals surface area contributed by atoms with Crippen molar-refractivity contribution >= 4 is 17.8 Å². The van der Waals surface area contributed by atoms with Crippen molar-refractivity contribution < 1.29 is 19.1 Å². The smallest absolute Gasteiger partial charge is 0.333 e. The molecule has 1 aromatic rings. The predicted octanol–water partition coefficient (Wildman–Crippen LogP) is 3.64. The number of carbonyl (C=O) groups excluding carboxylic acids is 3. The molecule has 190 valence electrons. The highest BCUT2D eigenvalue weighted by Gasteiger charge is 2.41. The average molecular weight is 474 g/mol. The number of likely N-dealkylation sites (N-methyl/N-ethyl adjacent to an activating group) is 2. The van der Waals surface area contributed by atoms with Gasteiger partial charge in [-0.15, -0.1) is 0 Å². The number of benzene rings is 1.